The third-order valence-corrected chi connectivity index (χ3v) is 3.52. The van der Waals surface area contributed by atoms with Crippen LogP contribution in [-0.2, 0) is 9.53 Å². The molecule has 106 valence electrons. The molecule has 1 N–H and O–H groups in total. The van der Waals surface area contributed by atoms with Gasteiger partial charge in [0.25, 0.3) is 0 Å². The van der Waals surface area contributed by atoms with Crippen molar-refractivity contribution in [2.45, 2.75) is 25.9 Å². The molecule has 1 saturated heterocycles. The van der Waals surface area contributed by atoms with Crippen molar-refractivity contribution in [3.05, 3.63) is 0 Å². The summed E-state index contributed by atoms with van der Waals surface area (Å²) in [6.07, 6.45) is 0.432. The predicted molar refractivity (Wildman–Crippen MR) is 72.7 cm³/mol. The van der Waals surface area contributed by atoms with Gasteiger partial charge in [-0.05, 0) is 13.8 Å². The monoisotopic (exact) mass is 257 g/mol. The van der Waals surface area contributed by atoms with E-state index in [1.807, 2.05) is 25.8 Å². The molecule has 0 aliphatic carbocycles. The molecule has 0 aromatic rings. The van der Waals surface area contributed by atoms with Crippen LogP contribution >= 0.6 is 0 Å². The first-order chi connectivity index (χ1) is 8.44. The van der Waals surface area contributed by atoms with Gasteiger partial charge >= 0.3 is 0 Å². The number of piperazine rings is 1. The number of nitrogens with zero attached hydrogens (tertiary/aromatic N) is 2. The summed E-state index contributed by atoms with van der Waals surface area (Å²) in [5.41, 5.74) is -0.375. The molecule has 0 aromatic heterocycles. The molecular formula is C13H27N3O2. The molecule has 1 heterocycles. The van der Waals surface area contributed by atoms with Gasteiger partial charge in [-0.2, -0.15) is 0 Å². The van der Waals surface area contributed by atoms with Crippen LogP contribution in [-0.4, -0.2) is 74.7 Å². The van der Waals surface area contributed by atoms with Crippen molar-refractivity contribution >= 4 is 5.91 Å². The van der Waals surface area contributed by atoms with E-state index in [4.69, 9.17) is 4.74 Å². The van der Waals surface area contributed by atoms with E-state index in [0.29, 0.717) is 6.42 Å². The summed E-state index contributed by atoms with van der Waals surface area (Å²) in [5, 5.41) is 3.33. The number of amides is 1. The van der Waals surface area contributed by atoms with E-state index in [-0.39, 0.29) is 11.5 Å². The molecule has 0 aromatic carbocycles. The third kappa shape index (κ3) is 5.33. The van der Waals surface area contributed by atoms with Crippen LogP contribution in [0.3, 0.4) is 0 Å². The Morgan fingerprint density at radius 1 is 1.39 bits per heavy atom. The number of ether oxygens (including phenoxy) is 1. The maximum Gasteiger partial charge on any atom is 0.225 e. The quantitative estimate of drug-likeness (QED) is 0.736. The van der Waals surface area contributed by atoms with Gasteiger partial charge in [0.05, 0.1) is 12.0 Å². The summed E-state index contributed by atoms with van der Waals surface area (Å²) in [5.74, 6) is 0.150. The molecule has 5 nitrogen and oxygen atoms in total. The fraction of sp³-hybridized carbons (Fsp3) is 0.923. The Morgan fingerprint density at radius 2 is 2.00 bits per heavy atom. The molecule has 0 bridgehead atoms. The van der Waals surface area contributed by atoms with Crippen molar-refractivity contribution in [1.82, 2.24) is 15.1 Å². The van der Waals surface area contributed by atoms with Crippen LogP contribution in [0, 0.1) is 0 Å². The first-order valence-electron chi connectivity index (χ1n) is 6.67. The standard InChI is InChI=1S/C13H27N3O2/c1-13(2,18-4)11-12(17)15(3)9-10-16-7-5-14-6-8-16/h14H,5-11H2,1-4H3. The van der Waals surface area contributed by atoms with Gasteiger partial charge in [0.1, 0.15) is 0 Å². The number of hydrogen-bond donors (Lipinski definition) is 1. The molecule has 0 spiro atoms. The van der Waals surface area contributed by atoms with Gasteiger partial charge < -0.3 is 15.0 Å². The maximum absolute atomic E-state index is 12.0. The first-order valence-corrected chi connectivity index (χ1v) is 6.67. The molecule has 1 aliphatic rings. The van der Waals surface area contributed by atoms with Crippen LogP contribution < -0.4 is 5.32 Å². The van der Waals surface area contributed by atoms with E-state index < -0.39 is 0 Å². The average molecular weight is 257 g/mol. The van der Waals surface area contributed by atoms with Gasteiger partial charge in [-0.25, -0.2) is 0 Å². The number of hydrogen-bond acceptors (Lipinski definition) is 4. The van der Waals surface area contributed by atoms with Crippen LogP contribution in [0.5, 0.6) is 0 Å². The van der Waals surface area contributed by atoms with E-state index in [0.717, 1.165) is 39.3 Å². The number of carbonyl (C=O) groups excluding carboxylic acids is 1. The van der Waals surface area contributed by atoms with Crippen molar-refractivity contribution in [1.29, 1.82) is 0 Å². The lowest BCUT2D eigenvalue weighted by molar-refractivity contribution is -0.135. The van der Waals surface area contributed by atoms with Crippen LogP contribution in [0.15, 0.2) is 0 Å². The normalized spacial score (nSPS) is 17.8. The summed E-state index contributed by atoms with van der Waals surface area (Å²) in [6, 6.07) is 0. The Hall–Kier alpha value is -0.650. The summed E-state index contributed by atoms with van der Waals surface area (Å²) in [6.45, 7) is 9.87. The lowest BCUT2D eigenvalue weighted by Crippen LogP contribution is -2.47. The minimum absolute atomic E-state index is 0.150. The lowest BCUT2D eigenvalue weighted by atomic mass is 10.0. The van der Waals surface area contributed by atoms with E-state index in [1.165, 1.54) is 0 Å². The van der Waals surface area contributed by atoms with Gasteiger partial charge in [-0.3, -0.25) is 9.69 Å². The molecule has 0 radical (unpaired) electrons. The molecular weight excluding hydrogens is 230 g/mol. The van der Waals surface area contributed by atoms with Crippen molar-refractivity contribution in [2.75, 3.05) is 53.4 Å². The van der Waals surface area contributed by atoms with Crippen LogP contribution in [0.2, 0.25) is 0 Å². The second-order valence-corrected chi connectivity index (χ2v) is 5.55. The number of nitrogens with one attached hydrogen (secondary N) is 1. The van der Waals surface area contributed by atoms with Crippen LogP contribution in [0.1, 0.15) is 20.3 Å². The largest absolute Gasteiger partial charge is 0.378 e. The van der Waals surface area contributed by atoms with Gasteiger partial charge in [0, 0.05) is 53.4 Å². The van der Waals surface area contributed by atoms with E-state index >= 15 is 0 Å². The van der Waals surface area contributed by atoms with Gasteiger partial charge in [0.15, 0.2) is 0 Å². The molecule has 0 atom stereocenters. The smallest absolute Gasteiger partial charge is 0.225 e. The zero-order valence-corrected chi connectivity index (χ0v) is 12.2. The van der Waals surface area contributed by atoms with Crippen molar-refractivity contribution < 1.29 is 9.53 Å². The number of methoxy groups -OCH3 is 1. The number of likely N-dealkylation sites (N-methyl/N-ethyl adjacent to an activating group) is 1. The summed E-state index contributed by atoms with van der Waals surface area (Å²) >= 11 is 0. The van der Waals surface area contributed by atoms with E-state index in [1.54, 1.807) is 7.11 Å². The average Bonchev–Trinajstić information content (AvgIpc) is 2.36. The molecule has 1 aliphatic heterocycles. The first kappa shape index (κ1) is 15.4. The topological polar surface area (TPSA) is 44.8 Å². The highest BCUT2D eigenvalue weighted by Crippen LogP contribution is 2.14. The van der Waals surface area contributed by atoms with E-state index in [9.17, 15) is 4.79 Å². The predicted octanol–water partition coefficient (Wildman–Crippen LogP) is 0.165. The van der Waals surface area contributed by atoms with Crippen molar-refractivity contribution in [2.24, 2.45) is 0 Å². The zero-order valence-electron chi connectivity index (χ0n) is 12.2. The molecule has 1 fully saturated rings. The van der Waals surface area contributed by atoms with Gasteiger partial charge in [0.2, 0.25) is 5.91 Å². The maximum atomic E-state index is 12.0. The highest BCUT2D eigenvalue weighted by Gasteiger charge is 2.23. The van der Waals surface area contributed by atoms with Gasteiger partial charge in [-0.15, -0.1) is 0 Å². The minimum atomic E-state index is -0.375. The summed E-state index contributed by atoms with van der Waals surface area (Å²) in [4.78, 5) is 16.2. The summed E-state index contributed by atoms with van der Waals surface area (Å²) in [7, 11) is 3.52. The van der Waals surface area contributed by atoms with Gasteiger partial charge in [-0.1, -0.05) is 0 Å². The Labute approximate surface area is 110 Å². The Morgan fingerprint density at radius 3 is 2.56 bits per heavy atom. The highest BCUT2D eigenvalue weighted by atomic mass is 16.5. The SMILES string of the molecule is COC(C)(C)CC(=O)N(C)CCN1CCNCC1. The molecule has 5 heteroatoms. The Balaban J connectivity index is 2.26. The summed E-state index contributed by atoms with van der Waals surface area (Å²) < 4.78 is 5.29. The minimum Gasteiger partial charge on any atom is -0.378 e. The zero-order chi connectivity index (χ0) is 13.6. The van der Waals surface area contributed by atoms with Crippen molar-refractivity contribution in [3.63, 3.8) is 0 Å². The van der Waals surface area contributed by atoms with Crippen LogP contribution in [0.25, 0.3) is 0 Å². The Bertz CT molecular complexity index is 263. The fourth-order valence-electron chi connectivity index (χ4n) is 1.92. The van der Waals surface area contributed by atoms with Crippen molar-refractivity contribution in [3.8, 4) is 0 Å². The Kier molecular flexibility index (Phi) is 6.05. The molecule has 0 saturated carbocycles. The van der Waals surface area contributed by atoms with Crippen LogP contribution in [0.4, 0.5) is 0 Å². The molecule has 1 amide bonds. The second kappa shape index (κ2) is 7.07. The fourth-order valence-corrected chi connectivity index (χ4v) is 1.92. The molecule has 0 unspecified atom stereocenters. The third-order valence-electron chi connectivity index (χ3n) is 3.52. The molecule has 18 heavy (non-hydrogen) atoms. The molecule has 1 rings (SSSR count). The van der Waals surface area contributed by atoms with E-state index in [2.05, 4.69) is 10.2 Å². The highest BCUT2D eigenvalue weighted by molar-refractivity contribution is 5.76. The lowest BCUT2D eigenvalue weighted by Gasteiger charge is -2.30. The number of carbonyl (C=O) groups is 1. The number of rotatable bonds is 6. The second-order valence-electron chi connectivity index (χ2n) is 5.55.